The molecule has 15 heavy (non-hydrogen) atoms. The van der Waals surface area contributed by atoms with Crippen molar-refractivity contribution < 1.29 is 4.74 Å². The van der Waals surface area contributed by atoms with Crippen LogP contribution in [0.2, 0.25) is 0 Å². The molecule has 0 unspecified atom stereocenters. The van der Waals surface area contributed by atoms with Crippen molar-refractivity contribution in [3.8, 4) is 17.6 Å². The van der Waals surface area contributed by atoms with Gasteiger partial charge in [0.15, 0.2) is 5.75 Å². The van der Waals surface area contributed by atoms with Gasteiger partial charge in [0, 0.05) is 7.05 Å². The molecule has 2 rings (SSSR count). The highest BCUT2D eigenvalue weighted by atomic mass is 16.5. The van der Waals surface area contributed by atoms with E-state index in [1.165, 1.54) is 0 Å². The number of rotatable bonds is 2. The largest absolute Gasteiger partial charge is 0.453 e. The van der Waals surface area contributed by atoms with E-state index in [1.807, 2.05) is 13.1 Å². The first kappa shape index (κ1) is 9.28. The van der Waals surface area contributed by atoms with Gasteiger partial charge in [-0.15, -0.1) is 0 Å². The first-order chi connectivity index (χ1) is 7.29. The average Bonchev–Trinajstić information content (AvgIpc) is 2.65. The average molecular weight is 199 g/mol. The van der Waals surface area contributed by atoms with Crippen LogP contribution in [0.25, 0.3) is 0 Å². The highest BCUT2D eigenvalue weighted by Gasteiger charge is 2.04. The van der Waals surface area contributed by atoms with Gasteiger partial charge < -0.3 is 4.74 Å². The molecule has 0 atom stereocenters. The molecular weight excluding hydrogens is 190 g/mol. The molecule has 1 aromatic heterocycles. The molecule has 2 aromatic rings. The van der Waals surface area contributed by atoms with Crippen LogP contribution in [0.4, 0.5) is 0 Å². The molecule has 0 radical (unpaired) electrons. The van der Waals surface area contributed by atoms with Gasteiger partial charge in [-0.05, 0) is 12.1 Å². The molecule has 0 saturated heterocycles. The van der Waals surface area contributed by atoms with Crippen LogP contribution in [0.3, 0.4) is 0 Å². The molecule has 1 heterocycles. The Kier molecular flexibility index (Phi) is 2.38. The predicted molar refractivity (Wildman–Crippen MR) is 54.4 cm³/mol. The number of hydrogen-bond donors (Lipinski definition) is 0. The Morgan fingerprint density at radius 2 is 2.20 bits per heavy atom. The fraction of sp³-hybridized carbons (Fsp3) is 0.0909. The van der Waals surface area contributed by atoms with Crippen molar-refractivity contribution in [2.45, 2.75) is 0 Å². The second kappa shape index (κ2) is 3.84. The van der Waals surface area contributed by atoms with E-state index in [2.05, 4.69) is 11.2 Å². The number of ether oxygens (including phenoxy) is 1. The van der Waals surface area contributed by atoms with Gasteiger partial charge in [0.05, 0.1) is 18.0 Å². The highest BCUT2D eigenvalue weighted by Crippen LogP contribution is 2.23. The Balaban J connectivity index is 2.28. The summed E-state index contributed by atoms with van der Waals surface area (Å²) in [5.74, 6) is 1.17. The highest BCUT2D eigenvalue weighted by molar-refractivity contribution is 5.44. The van der Waals surface area contributed by atoms with Crippen LogP contribution >= 0.6 is 0 Å². The minimum absolute atomic E-state index is 0.515. The molecule has 0 bridgehead atoms. The maximum absolute atomic E-state index is 8.85. The molecule has 0 aliphatic carbocycles. The van der Waals surface area contributed by atoms with Crippen LogP contribution in [0.5, 0.6) is 11.5 Å². The lowest BCUT2D eigenvalue weighted by atomic mass is 10.2. The molecule has 4 nitrogen and oxygen atoms in total. The van der Waals surface area contributed by atoms with E-state index in [0.717, 1.165) is 0 Å². The molecule has 0 aliphatic rings. The third kappa shape index (κ3) is 1.97. The molecule has 0 N–H and O–H groups in total. The van der Waals surface area contributed by atoms with Gasteiger partial charge in [-0.3, -0.25) is 4.68 Å². The smallest absolute Gasteiger partial charge is 0.165 e. The van der Waals surface area contributed by atoms with E-state index in [9.17, 15) is 0 Å². The van der Waals surface area contributed by atoms with Gasteiger partial charge >= 0.3 is 0 Å². The van der Waals surface area contributed by atoms with Crippen LogP contribution in [-0.2, 0) is 7.05 Å². The summed E-state index contributed by atoms with van der Waals surface area (Å²) in [7, 11) is 1.81. The molecular formula is C11H9N3O. The molecule has 4 heteroatoms. The zero-order valence-electron chi connectivity index (χ0n) is 8.21. The summed E-state index contributed by atoms with van der Waals surface area (Å²) in [6.45, 7) is 0. The van der Waals surface area contributed by atoms with E-state index in [-0.39, 0.29) is 0 Å². The van der Waals surface area contributed by atoms with Crippen LogP contribution in [0.1, 0.15) is 5.56 Å². The summed E-state index contributed by atoms with van der Waals surface area (Å²) in [4.78, 5) is 0. The van der Waals surface area contributed by atoms with Gasteiger partial charge in [0.2, 0.25) is 0 Å². The van der Waals surface area contributed by atoms with Crippen molar-refractivity contribution in [2.75, 3.05) is 0 Å². The fourth-order valence-corrected chi connectivity index (χ4v) is 1.23. The second-order valence-electron chi connectivity index (χ2n) is 3.06. The molecule has 0 saturated carbocycles. The zero-order chi connectivity index (χ0) is 10.7. The lowest BCUT2D eigenvalue weighted by Gasteiger charge is -2.03. The van der Waals surface area contributed by atoms with Crippen molar-refractivity contribution in [3.63, 3.8) is 0 Å². The van der Waals surface area contributed by atoms with Gasteiger partial charge in [-0.1, -0.05) is 12.1 Å². The minimum atomic E-state index is 0.515. The summed E-state index contributed by atoms with van der Waals surface area (Å²) in [5.41, 5.74) is 0.515. The second-order valence-corrected chi connectivity index (χ2v) is 3.06. The Bertz CT molecular complexity index is 511. The third-order valence-corrected chi connectivity index (χ3v) is 1.92. The molecule has 0 spiro atoms. The van der Waals surface area contributed by atoms with Crippen molar-refractivity contribution in [1.29, 1.82) is 5.26 Å². The zero-order valence-corrected chi connectivity index (χ0v) is 8.21. The molecule has 0 amide bonds. The summed E-state index contributed by atoms with van der Waals surface area (Å²) < 4.78 is 7.16. The first-order valence-electron chi connectivity index (χ1n) is 4.45. The SMILES string of the molecule is Cn1cc(Oc2ccccc2C#N)cn1. The number of benzene rings is 1. The fourth-order valence-electron chi connectivity index (χ4n) is 1.23. The van der Waals surface area contributed by atoms with Gasteiger partial charge in [0.1, 0.15) is 11.8 Å². The molecule has 0 aliphatic heterocycles. The summed E-state index contributed by atoms with van der Waals surface area (Å²) >= 11 is 0. The number of hydrogen-bond acceptors (Lipinski definition) is 3. The van der Waals surface area contributed by atoms with Crippen molar-refractivity contribution in [3.05, 3.63) is 42.2 Å². The van der Waals surface area contributed by atoms with E-state index in [4.69, 9.17) is 10.00 Å². The number of nitriles is 1. The van der Waals surface area contributed by atoms with Crippen molar-refractivity contribution in [1.82, 2.24) is 9.78 Å². The maximum Gasteiger partial charge on any atom is 0.165 e. The van der Waals surface area contributed by atoms with Crippen molar-refractivity contribution in [2.24, 2.45) is 7.05 Å². The Hall–Kier alpha value is -2.28. The van der Waals surface area contributed by atoms with E-state index < -0.39 is 0 Å². The van der Waals surface area contributed by atoms with E-state index in [0.29, 0.717) is 17.1 Å². The lowest BCUT2D eigenvalue weighted by molar-refractivity contribution is 0.480. The van der Waals surface area contributed by atoms with Crippen molar-refractivity contribution >= 4 is 0 Å². The van der Waals surface area contributed by atoms with Gasteiger partial charge in [-0.25, -0.2) is 0 Å². The monoisotopic (exact) mass is 199 g/mol. The van der Waals surface area contributed by atoms with E-state index in [1.54, 1.807) is 35.3 Å². The Morgan fingerprint density at radius 1 is 1.40 bits per heavy atom. The van der Waals surface area contributed by atoms with Crippen LogP contribution in [0.15, 0.2) is 36.7 Å². The number of aromatic nitrogens is 2. The number of para-hydroxylation sites is 1. The first-order valence-corrected chi connectivity index (χ1v) is 4.45. The number of nitrogens with zero attached hydrogens (tertiary/aromatic N) is 3. The Morgan fingerprint density at radius 3 is 2.87 bits per heavy atom. The minimum Gasteiger partial charge on any atom is -0.453 e. The summed E-state index contributed by atoms with van der Waals surface area (Å²) in [6.07, 6.45) is 3.35. The number of aryl methyl sites for hydroxylation is 1. The summed E-state index contributed by atoms with van der Waals surface area (Å²) in [5, 5.41) is 12.8. The third-order valence-electron chi connectivity index (χ3n) is 1.92. The van der Waals surface area contributed by atoms with Gasteiger partial charge in [-0.2, -0.15) is 10.4 Å². The van der Waals surface area contributed by atoms with Crippen LogP contribution in [-0.4, -0.2) is 9.78 Å². The quantitative estimate of drug-likeness (QED) is 0.744. The maximum atomic E-state index is 8.85. The van der Waals surface area contributed by atoms with Crippen LogP contribution in [0, 0.1) is 11.3 Å². The van der Waals surface area contributed by atoms with Crippen LogP contribution < -0.4 is 4.74 Å². The molecule has 0 fully saturated rings. The molecule has 74 valence electrons. The van der Waals surface area contributed by atoms with E-state index >= 15 is 0 Å². The Labute approximate surface area is 87.3 Å². The van der Waals surface area contributed by atoms with Gasteiger partial charge in [0.25, 0.3) is 0 Å². The lowest BCUT2D eigenvalue weighted by Crippen LogP contribution is -1.87. The topological polar surface area (TPSA) is 50.8 Å². The molecule has 1 aromatic carbocycles. The summed E-state index contributed by atoms with van der Waals surface area (Å²) in [6, 6.07) is 9.17. The normalized spacial score (nSPS) is 9.60. The standard InChI is InChI=1S/C11H9N3O/c1-14-8-10(7-13-14)15-11-5-3-2-4-9(11)6-12/h2-5,7-8H,1H3. The predicted octanol–water partition coefficient (Wildman–Crippen LogP) is 2.08.